The fraction of sp³-hybridized carbons (Fsp3) is 0.189. The molecule has 3 aliphatic rings. The first kappa shape index (κ1) is 25.7. The predicted molar refractivity (Wildman–Crippen MR) is 169 cm³/mol. The van der Waals surface area contributed by atoms with E-state index in [1.807, 2.05) is 30.4 Å². The summed E-state index contributed by atoms with van der Waals surface area (Å²) < 4.78 is 8.45. The molecule has 3 aliphatic heterocycles. The van der Waals surface area contributed by atoms with Crippen LogP contribution in [0.5, 0.6) is 0 Å². The lowest BCUT2D eigenvalue weighted by Gasteiger charge is -2.37. The Morgan fingerprint density at radius 2 is 1.40 bits per heavy atom. The first-order valence-corrected chi connectivity index (χ1v) is 14.5. The van der Waals surface area contributed by atoms with Crippen molar-refractivity contribution >= 4 is 39.6 Å². The molecule has 0 unspecified atom stereocenters. The van der Waals surface area contributed by atoms with Crippen LogP contribution >= 0.6 is 0 Å². The molecule has 0 saturated heterocycles. The van der Waals surface area contributed by atoms with Gasteiger partial charge in [-0.3, -0.25) is 0 Å². The monoisotopic (exact) mass is 546 g/mol. The van der Waals surface area contributed by atoms with Crippen molar-refractivity contribution in [2.24, 2.45) is 7.05 Å². The Morgan fingerprint density at radius 1 is 0.762 bits per heavy atom. The zero-order chi connectivity index (χ0) is 28.6. The Bertz CT molecular complexity index is 1950. The normalized spacial score (nSPS) is 16.3. The van der Waals surface area contributed by atoms with Gasteiger partial charge in [0.25, 0.3) is 0 Å². The summed E-state index contributed by atoms with van der Waals surface area (Å²) in [5.41, 5.74) is 9.49. The van der Waals surface area contributed by atoms with Crippen LogP contribution < -0.4 is 4.90 Å². The number of hydrogen-bond acceptors (Lipinski definition) is 4. The number of aromatic nitrogens is 1. The van der Waals surface area contributed by atoms with Crippen LogP contribution in [0.25, 0.3) is 34.0 Å². The predicted octanol–water partition coefficient (Wildman–Crippen LogP) is 7.90. The minimum Gasteiger partial charge on any atom is -0.457 e. The third kappa shape index (κ3) is 4.60. The molecular formula is C37H30N4O. The molecule has 204 valence electrons. The number of ether oxygens (including phenoxy) is 1. The molecule has 0 spiro atoms. The molecule has 3 aromatic carbocycles. The minimum absolute atomic E-state index is 0.0607. The van der Waals surface area contributed by atoms with Crippen LogP contribution in [0.2, 0.25) is 0 Å². The number of nitrogens with zero attached hydrogens (tertiary/aromatic N) is 4. The van der Waals surface area contributed by atoms with E-state index in [1.165, 1.54) is 51.5 Å². The smallest absolute Gasteiger partial charge is 0.137 e. The molecule has 0 saturated carbocycles. The van der Waals surface area contributed by atoms with Crippen molar-refractivity contribution < 1.29 is 4.74 Å². The quantitative estimate of drug-likeness (QED) is 0.244. The van der Waals surface area contributed by atoms with Crippen LogP contribution in [0.4, 0.5) is 5.69 Å². The van der Waals surface area contributed by atoms with E-state index in [4.69, 9.17) is 4.74 Å². The SMILES string of the molecule is Cn1c2ccccc2c2cc(/C=C/C3=CC(=C(C#N)C#N)C=C(/C=C/c4cc5c6c(c4)CCCN6CCC5)O3)ccc21. The van der Waals surface area contributed by atoms with Gasteiger partial charge in [-0.15, -0.1) is 0 Å². The molecule has 4 aromatic rings. The highest BCUT2D eigenvalue weighted by molar-refractivity contribution is 6.08. The van der Waals surface area contributed by atoms with E-state index in [-0.39, 0.29) is 5.57 Å². The van der Waals surface area contributed by atoms with Crippen molar-refractivity contribution in [3.8, 4) is 12.1 Å². The highest BCUT2D eigenvalue weighted by Crippen LogP contribution is 2.37. The van der Waals surface area contributed by atoms with Gasteiger partial charge in [-0.25, -0.2) is 0 Å². The molecule has 0 bridgehead atoms. The number of rotatable bonds is 4. The molecule has 0 amide bonds. The van der Waals surface area contributed by atoms with Crippen LogP contribution in [-0.4, -0.2) is 17.7 Å². The second-order valence-corrected chi connectivity index (χ2v) is 11.2. The molecule has 0 radical (unpaired) electrons. The van der Waals surface area contributed by atoms with Crippen molar-refractivity contribution in [1.29, 1.82) is 10.5 Å². The van der Waals surface area contributed by atoms with Crippen molar-refractivity contribution in [2.75, 3.05) is 18.0 Å². The van der Waals surface area contributed by atoms with Gasteiger partial charge < -0.3 is 14.2 Å². The average molecular weight is 547 g/mol. The van der Waals surface area contributed by atoms with Crippen molar-refractivity contribution in [3.05, 3.63) is 124 Å². The Labute approximate surface area is 245 Å². The molecule has 5 heteroatoms. The summed E-state index contributed by atoms with van der Waals surface area (Å²) in [6.07, 6.45) is 16.1. The van der Waals surface area contributed by atoms with Gasteiger partial charge in [-0.05, 0) is 103 Å². The van der Waals surface area contributed by atoms with Crippen LogP contribution in [0, 0.1) is 22.7 Å². The van der Waals surface area contributed by atoms with Gasteiger partial charge in [0.2, 0.25) is 0 Å². The second-order valence-electron chi connectivity index (χ2n) is 11.2. The van der Waals surface area contributed by atoms with Crippen LogP contribution in [0.3, 0.4) is 0 Å². The van der Waals surface area contributed by atoms with E-state index < -0.39 is 0 Å². The lowest BCUT2D eigenvalue weighted by Crippen LogP contribution is -2.34. The zero-order valence-electron chi connectivity index (χ0n) is 23.6. The van der Waals surface area contributed by atoms with Crippen molar-refractivity contribution in [2.45, 2.75) is 25.7 Å². The maximum Gasteiger partial charge on any atom is 0.137 e. The summed E-state index contributed by atoms with van der Waals surface area (Å²) >= 11 is 0. The highest BCUT2D eigenvalue weighted by Gasteiger charge is 2.24. The Kier molecular flexibility index (Phi) is 6.49. The van der Waals surface area contributed by atoms with E-state index in [0.29, 0.717) is 17.1 Å². The number of allylic oxidation sites excluding steroid dienone is 6. The number of para-hydroxylation sites is 1. The van der Waals surface area contributed by atoms with E-state index in [2.05, 4.69) is 77.2 Å². The summed E-state index contributed by atoms with van der Waals surface area (Å²) in [6.45, 7) is 2.31. The largest absolute Gasteiger partial charge is 0.457 e. The number of aryl methyl sites for hydroxylation is 3. The number of fused-ring (bicyclic) bond motifs is 3. The number of anilines is 1. The molecular weight excluding hydrogens is 516 g/mol. The van der Waals surface area contributed by atoms with Gasteiger partial charge in [0.1, 0.15) is 29.2 Å². The third-order valence-electron chi connectivity index (χ3n) is 8.52. The first-order chi connectivity index (χ1) is 20.6. The summed E-state index contributed by atoms with van der Waals surface area (Å²) in [5.74, 6) is 1.16. The molecule has 5 nitrogen and oxygen atoms in total. The molecule has 0 atom stereocenters. The van der Waals surface area contributed by atoms with E-state index in [1.54, 1.807) is 12.2 Å². The molecule has 0 N–H and O–H groups in total. The maximum atomic E-state index is 9.58. The maximum absolute atomic E-state index is 9.58. The Hall–Kier alpha value is -5.26. The van der Waals surface area contributed by atoms with Gasteiger partial charge in [0, 0.05) is 53.2 Å². The van der Waals surface area contributed by atoms with Gasteiger partial charge in [-0.2, -0.15) is 10.5 Å². The molecule has 42 heavy (non-hydrogen) atoms. The van der Waals surface area contributed by atoms with E-state index >= 15 is 0 Å². The molecule has 4 heterocycles. The number of nitriles is 2. The second kappa shape index (κ2) is 10.6. The van der Waals surface area contributed by atoms with Gasteiger partial charge in [-0.1, -0.05) is 36.4 Å². The average Bonchev–Trinajstić information content (AvgIpc) is 3.31. The van der Waals surface area contributed by atoms with Gasteiger partial charge in [0.05, 0.1) is 0 Å². The van der Waals surface area contributed by atoms with Gasteiger partial charge in [0.15, 0.2) is 0 Å². The topological polar surface area (TPSA) is 65.0 Å². The summed E-state index contributed by atoms with van der Waals surface area (Å²) in [4.78, 5) is 2.54. The first-order valence-electron chi connectivity index (χ1n) is 14.5. The number of benzene rings is 3. The fourth-order valence-corrected chi connectivity index (χ4v) is 6.58. The molecule has 1 aromatic heterocycles. The molecule has 0 fully saturated rings. The molecule has 0 aliphatic carbocycles. The standard InChI is InChI=1S/C37H30N4O/c1-40-35-9-3-2-8-33(35)34-20-25(12-15-36(34)40)10-13-31-21-29(30(23-38)24-39)22-32(42-31)14-11-26-18-27-6-4-16-41-17-5-7-28(19-26)37(27)41/h2-3,8-15,18-22H,4-7,16-17H2,1H3/b13-10+,14-11+. The zero-order valence-corrected chi connectivity index (χ0v) is 23.6. The minimum atomic E-state index is 0.0607. The van der Waals surface area contributed by atoms with Crippen molar-refractivity contribution in [1.82, 2.24) is 4.57 Å². The summed E-state index contributed by atoms with van der Waals surface area (Å²) in [6, 6.07) is 23.5. The Morgan fingerprint density at radius 3 is 2.10 bits per heavy atom. The lowest BCUT2D eigenvalue weighted by molar-refractivity contribution is 0.332. The van der Waals surface area contributed by atoms with Crippen LogP contribution in [0.1, 0.15) is 35.1 Å². The van der Waals surface area contributed by atoms with E-state index in [9.17, 15) is 10.5 Å². The molecule has 7 rings (SSSR count). The fourth-order valence-electron chi connectivity index (χ4n) is 6.58. The third-order valence-corrected chi connectivity index (χ3v) is 8.52. The van der Waals surface area contributed by atoms with E-state index in [0.717, 1.165) is 37.1 Å². The summed E-state index contributed by atoms with van der Waals surface area (Å²) in [7, 11) is 2.09. The lowest BCUT2D eigenvalue weighted by atomic mass is 9.90. The highest BCUT2D eigenvalue weighted by atomic mass is 16.5. The van der Waals surface area contributed by atoms with Gasteiger partial charge >= 0.3 is 0 Å². The number of hydrogen-bond donors (Lipinski definition) is 0. The van der Waals surface area contributed by atoms with Crippen LogP contribution in [0.15, 0.2) is 102 Å². The Balaban J connectivity index is 1.19. The van der Waals surface area contributed by atoms with Crippen molar-refractivity contribution in [3.63, 3.8) is 0 Å². The van der Waals surface area contributed by atoms with Crippen LogP contribution in [-0.2, 0) is 24.6 Å². The summed E-state index contributed by atoms with van der Waals surface area (Å²) in [5, 5.41) is 21.6.